The van der Waals surface area contributed by atoms with Gasteiger partial charge in [-0.3, -0.25) is 0 Å². The van der Waals surface area contributed by atoms with Crippen LogP contribution in [0.2, 0.25) is 0 Å². The minimum absolute atomic E-state index is 0.299. The van der Waals surface area contributed by atoms with Crippen molar-refractivity contribution in [3.63, 3.8) is 0 Å². The lowest BCUT2D eigenvalue weighted by Crippen LogP contribution is -2.28. The molecule has 0 saturated carbocycles. The van der Waals surface area contributed by atoms with E-state index in [1.165, 1.54) is 10.5 Å². The average Bonchev–Trinajstić information content (AvgIpc) is 2.90. The first kappa shape index (κ1) is 12.5. The molecule has 0 bridgehead atoms. The lowest BCUT2D eigenvalue weighted by molar-refractivity contribution is 0.480. The van der Waals surface area contributed by atoms with E-state index in [2.05, 4.69) is 29.6 Å². The van der Waals surface area contributed by atoms with Crippen LogP contribution in [0.5, 0.6) is 0 Å². The summed E-state index contributed by atoms with van der Waals surface area (Å²) in [5, 5.41) is 3.53. The molecule has 2 heterocycles. The third-order valence-electron chi connectivity index (χ3n) is 3.68. The highest BCUT2D eigenvalue weighted by molar-refractivity contribution is 7.99. The summed E-state index contributed by atoms with van der Waals surface area (Å²) in [6.45, 7) is 0.818. The Balaban J connectivity index is 1.59. The van der Waals surface area contributed by atoms with E-state index in [1.807, 2.05) is 11.8 Å². The molecule has 18 heavy (non-hydrogen) atoms. The zero-order valence-corrected chi connectivity index (χ0v) is 11.8. The normalized spacial score (nSPS) is 29.3. The maximum Gasteiger partial charge on any atom is 0.150 e. The second-order valence-corrected chi connectivity index (χ2v) is 8.37. The third kappa shape index (κ3) is 2.58. The van der Waals surface area contributed by atoms with Gasteiger partial charge in [-0.25, -0.2) is 8.42 Å². The zero-order chi connectivity index (χ0) is 12.6. The number of fused-ring (bicyclic) bond motifs is 1. The van der Waals surface area contributed by atoms with Crippen LogP contribution in [0.25, 0.3) is 0 Å². The molecule has 1 aromatic carbocycles. The molecular weight excluding hydrogens is 266 g/mol. The van der Waals surface area contributed by atoms with E-state index in [9.17, 15) is 8.42 Å². The molecule has 3 nitrogen and oxygen atoms in total. The van der Waals surface area contributed by atoms with Crippen LogP contribution in [0.4, 0.5) is 0 Å². The molecule has 98 valence electrons. The van der Waals surface area contributed by atoms with Crippen molar-refractivity contribution in [2.75, 3.05) is 23.8 Å². The number of sulfone groups is 1. The highest BCUT2D eigenvalue weighted by atomic mass is 32.2. The Morgan fingerprint density at radius 1 is 1.33 bits per heavy atom. The van der Waals surface area contributed by atoms with Crippen molar-refractivity contribution < 1.29 is 8.42 Å². The molecule has 0 spiro atoms. The molecule has 0 amide bonds. The predicted octanol–water partition coefficient (Wildman–Crippen LogP) is 1.86. The molecule has 0 aliphatic carbocycles. The summed E-state index contributed by atoms with van der Waals surface area (Å²) in [4.78, 5) is 1.36. The van der Waals surface area contributed by atoms with Crippen molar-refractivity contribution in [3.05, 3.63) is 29.8 Å². The minimum Gasteiger partial charge on any atom is -0.309 e. The standard InChI is InChI=1S/C13H17NO2S2/c15-18(16)6-5-10(9-18)7-14-12-8-17-13-4-2-1-3-11(12)13/h1-4,10,12,14H,5-9H2. The molecule has 2 aliphatic rings. The van der Waals surface area contributed by atoms with E-state index in [4.69, 9.17) is 0 Å². The summed E-state index contributed by atoms with van der Waals surface area (Å²) in [5.41, 5.74) is 1.36. The molecule has 0 aromatic heterocycles. The van der Waals surface area contributed by atoms with Crippen LogP contribution in [-0.2, 0) is 9.84 Å². The first-order valence-electron chi connectivity index (χ1n) is 6.29. The number of benzene rings is 1. The lowest BCUT2D eigenvalue weighted by atomic mass is 10.1. The smallest absolute Gasteiger partial charge is 0.150 e. The van der Waals surface area contributed by atoms with E-state index in [1.54, 1.807) is 0 Å². The van der Waals surface area contributed by atoms with Gasteiger partial charge in [0.05, 0.1) is 11.5 Å². The maximum atomic E-state index is 11.4. The Hall–Kier alpha value is -0.520. The molecule has 1 N–H and O–H groups in total. The second-order valence-electron chi connectivity index (χ2n) is 5.08. The highest BCUT2D eigenvalue weighted by Gasteiger charge is 2.29. The van der Waals surface area contributed by atoms with Crippen molar-refractivity contribution in [2.45, 2.75) is 17.4 Å². The predicted molar refractivity (Wildman–Crippen MR) is 74.7 cm³/mol. The van der Waals surface area contributed by atoms with E-state index >= 15 is 0 Å². The number of thioether (sulfide) groups is 1. The van der Waals surface area contributed by atoms with Gasteiger partial charge in [-0.1, -0.05) is 18.2 Å². The van der Waals surface area contributed by atoms with Gasteiger partial charge < -0.3 is 5.32 Å². The van der Waals surface area contributed by atoms with Gasteiger partial charge in [0.15, 0.2) is 9.84 Å². The zero-order valence-electron chi connectivity index (χ0n) is 10.1. The maximum absolute atomic E-state index is 11.4. The van der Waals surface area contributed by atoms with Crippen LogP contribution in [0.1, 0.15) is 18.0 Å². The van der Waals surface area contributed by atoms with Gasteiger partial charge in [0.1, 0.15) is 0 Å². The van der Waals surface area contributed by atoms with Crippen LogP contribution in [0.3, 0.4) is 0 Å². The molecule has 5 heteroatoms. The largest absolute Gasteiger partial charge is 0.309 e. The topological polar surface area (TPSA) is 46.2 Å². The van der Waals surface area contributed by atoms with Gasteiger partial charge in [-0.05, 0) is 30.5 Å². The first-order chi connectivity index (χ1) is 8.64. The fourth-order valence-electron chi connectivity index (χ4n) is 2.67. The van der Waals surface area contributed by atoms with Crippen molar-refractivity contribution in [3.8, 4) is 0 Å². The average molecular weight is 283 g/mol. The van der Waals surface area contributed by atoms with Crippen LogP contribution in [-0.4, -0.2) is 32.2 Å². The number of rotatable bonds is 3. The van der Waals surface area contributed by atoms with Crippen molar-refractivity contribution in [1.82, 2.24) is 5.32 Å². The van der Waals surface area contributed by atoms with E-state index in [0.717, 1.165) is 18.7 Å². The summed E-state index contributed by atoms with van der Waals surface area (Å²) in [6, 6.07) is 8.84. The second kappa shape index (κ2) is 4.87. The summed E-state index contributed by atoms with van der Waals surface area (Å²) in [5.74, 6) is 2.09. The Kier molecular flexibility index (Phi) is 3.38. The van der Waals surface area contributed by atoms with Crippen LogP contribution in [0, 0.1) is 5.92 Å². The highest BCUT2D eigenvalue weighted by Crippen LogP contribution is 2.37. The molecule has 2 atom stereocenters. The van der Waals surface area contributed by atoms with Crippen LogP contribution in [0.15, 0.2) is 29.2 Å². The number of hydrogen-bond acceptors (Lipinski definition) is 4. The fourth-order valence-corrected chi connectivity index (χ4v) is 5.73. The van der Waals surface area contributed by atoms with Gasteiger partial charge in [0.2, 0.25) is 0 Å². The Labute approximate surface area is 112 Å². The molecule has 2 unspecified atom stereocenters. The van der Waals surface area contributed by atoms with Crippen molar-refractivity contribution in [2.24, 2.45) is 5.92 Å². The Bertz CT molecular complexity index is 542. The lowest BCUT2D eigenvalue weighted by Gasteiger charge is -2.16. The van der Waals surface area contributed by atoms with E-state index in [0.29, 0.717) is 23.5 Å². The van der Waals surface area contributed by atoms with Gasteiger partial charge >= 0.3 is 0 Å². The molecule has 1 fully saturated rings. The monoisotopic (exact) mass is 283 g/mol. The quantitative estimate of drug-likeness (QED) is 0.920. The summed E-state index contributed by atoms with van der Waals surface area (Å²) in [7, 11) is -2.75. The van der Waals surface area contributed by atoms with Crippen molar-refractivity contribution in [1.29, 1.82) is 0 Å². The van der Waals surface area contributed by atoms with E-state index in [-0.39, 0.29) is 0 Å². The van der Waals surface area contributed by atoms with Crippen LogP contribution >= 0.6 is 11.8 Å². The number of hydrogen-bond donors (Lipinski definition) is 1. The van der Waals surface area contributed by atoms with Gasteiger partial charge in [0, 0.05) is 16.7 Å². The van der Waals surface area contributed by atoms with Crippen LogP contribution < -0.4 is 5.32 Å². The minimum atomic E-state index is -2.75. The summed E-state index contributed by atoms with van der Waals surface area (Å²) >= 11 is 1.88. The molecule has 2 aliphatic heterocycles. The Morgan fingerprint density at radius 2 is 2.17 bits per heavy atom. The molecule has 1 aromatic rings. The Morgan fingerprint density at radius 3 is 2.94 bits per heavy atom. The van der Waals surface area contributed by atoms with Gasteiger partial charge in [-0.15, -0.1) is 11.8 Å². The number of nitrogens with one attached hydrogen (secondary N) is 1. The summed E-state index contributed by atoms with van der Waals surface area (Å²) < 4.78 is 22.8. The first-order valence-corrected chi connectivity index (χ1v) is 9.10. The molecule has 3 rings (SSSR count). The molecule has 0 radical (unpaired) electrons. The third-order valence-corrected chi connectivity index (χ3v) is 6.70. The van der Waals surface area contributed by atoms with Gasteiger partial charge in [-0.2, -0.15) is 0 Å². The van der Waals surface area contributed by atoms with E-state index < -0.39 is 9.84 Å². The van der Waals surface area contributed by atoms with Gasteiger partial charge in [0.25, 0.3) is 0 Å². The SMILES string of the molecule is O=S1(=O)CCC(CNC2CSc3ccccc32)C1. The van der Waals surface area contributed by atoms with Crippen molar-refractivity contribution >= 4 is 21.6 Å². The fraction of sp³-hybridized carbons (Fsp3) is 0.538. The summed E-state index contributed by atoms with van der Waals surface area (Å²) in [6.07, 6.45) is 0.816. The molecule has 1 saturated heterocycles. The molecular formula is C13H17NO2S2.